The molecule has 1 aromatic rings. The zero-order valence-electron chi connectivity index (χ0n) is 11.4. The highest BCUT2D eigenvalue weighted by atomic mass is 16.3. The van der Waals surface area contributed by atoms with E-state index in [0.29, 0.717) is 31.8 Å². The molecule has 0 unspecified atom stereocenters. The van der Waals surface area contributed by atoms with Gasteiger partial charge in [-0.25, -0.2) is 9.97 Å². The molecule has 2 atom stereocenters. The zero-order chi connectivity index (χ0) is 13.8. The van der Waals surface area contributed by atoms with Crippen molar-refractivity contribution < 1.29 is 9.90 Å². The van der Waals surface area contributed by atoms with Crippen LogP contribution in [-0.2, 0) is 11.2 Å². The third-order valence-electron chi connectivity index (χ3n) is 3.46. The molecule has 0 bridgehead atoms. The van der Waals surface area contributed by atoms with E-state index in [1.165, 1.54) is 0 Å². The Morgan fingerprint density at radius 3 is 2.68 bits per heavy atom. The minimum Gasteiger partial charge on any atom is -0.390 e. The molecule has 6 heteroatoms. The Morgan fingerprint density at radius 1 is 1.42 bits per heavy atom. The molecule has 6 nitrogen and oxygen atoms in total. The first-order valence-electron chi connectivity index (χ1n) is 6.46. The Morgan fingerprint density at radius 2 is 2.11 bits per heavy atom. The lowest BCUT2D eigenvalue weighted by atomic mass is 10.2. The molecule has 1 aliphatic rings. The number of carbonyl (C=O) groups excluding carboxylic acids is 1. The van der Waals surface area contributed by atoms with Gasteiger partial charge in [0, 0.05) is 38.3 Å². The third kappa shape index (κ3) is 3.48. The van der Waals surface area contributed by atoms with Gasteiger partial charge in [-0.15, -0.1) is 0 Å². The van der Waals surface area contributed by atoms with Crippen LogP contribution in [0.3, 0.4) is 0 Å². The molecule has 0 spiro atoms. The lowest BCUT2D eigenvalue weighted by Gasteiger charge is -2.21. The summed E-state index contributed by atoms with van der Waals surface area (Å²) in [4.78, 5) is 23.9. The van der Waals surface area contributed by atoms with Crippen LogP contribution in [0.15, 0.2) is 18.5 Å². The molecule has 1 fully saturated rings. The molecule has 104 valence electrons. The van der Waals surface area contributed by atoms with Crippen molar-refractivity contribution in [2.24, 2.45) is 0 Å². The molecule has 0 aliphatic carbocycles. The second-order valence-corrected chi connectivity index (χ2v) is 5.06. The van der Waals surface area contributed by atoms with Crippen LogP contribution < -0.4 is 0 Å². The largest absolute Gasteiger partial charge is 0.390 e. The van der Waals surface area contributed by atoms with Crippen molar-refractivity contribution in [2.45, 2.75) is 25.0 Å². The number of likely N-dealkylation sites (N-methyl/N-ethyl adjacent to an activating group) is 1. The van der Waals surface area contributed by atoms with Gasteiger partial charge in [0.05, 0.1) is 12.1 Å². The quantitative estimate of drug-likeness (QED) is 0.797. The molecule has 19 heavy (non-hydrogen) atoms. The summed E-state index contributed by atoms with van der Waals surface area (Å²) in [5.41, 5.74) is 0. The van der Waals surface area contributed by atoms with Crippen LogP contribution >= 0.6 is 0 Å². The average molecular weight is 264 g/mol. The van der Waals surface area contributed by atoms with Crippen LogP contribution in [0, 0.1) is 0 Å². The molecule has 1 aliphatic heterocycles. The SMILES string of the molecule is CN(C)[C@H]1CN(C(=O)CCc2ncccn2)C[C@@H]1O. The monoisotopic (exact) mass is 264 g/mol. The van der Waals surface area contributed by atoms with E-state index in [1.54, 1.807) is 23.4 Å². The molecule has 1 saturated heterocycles. The Balaban J connectivity index is 1.85. The average Bonchev–Trinajstić information content (AvgIpc) is 2.79. The first kappa shape index (κ1) is 13.9. The lowest BCUT2D eigenvalue weighted by Crippen LogP contribution is -2.38. The number of aliphatic hydroxyl groups is 1. The van der Waals surface area contributed by atoms with E-state index in [2.05, 4.69) is 9.97 Å². The number of aromatic nitrogens is 2. The number of hydrogen-bond acceptors (Lipinski definition) is 5. The molecule has 2 rings (SSSR count). The minimum atomic E-state index is -0.466. The van der Waals surface area contributed by atoms with Crippen molar-refractivity contribution in [1.29, 1.82) is 0 Å². The Hall–Kier alpha value is -1.53. The van der Waals surface area contributed by atoms with Crippen LogP contribution in [0.5, 0.6) is 0 Å². The molecule has 0 radical (unpaired) electrons. The Labute approximate surface area is 113 Å². The second-order valence-electron chi connectivity index (χ2n) is 5.06. The van der Waals surface area contributed by atoms with Crippen molar-refractivity contribution >= 4 is 5.91 Å². The van der Waals surface area contributed by atoms with Crippen molar-refractivity contribution in [3.8, 4) is 0 Å². The van der Waals surface area contributed by atoms with Crippen molar-refractivity contribution in [3.05, 3.63) is 24.3 Å². The highest BCUT2D eigenvalue weighted by Crippen LogP contribution is 2.15. The van der Waals surface area contributed by atoms with Crippen molar-refractivity contribution in [3.63, 3.8) is 0 Å². The molecular weight excluding hydrogens is 244 g/mol. The number of β-amino-alcohol motifs (C(OH)–C–C–N with tert-alkyl or cyclic N) is 1. The first-order chi connectivity index (χ1) is 9.08. The number of aryl methyl sites for hydroxylation is 1. The van der Waals surface area contributed by atoms with Crippen LogP contribution in [-0.4, -0.2) is 70.1 Å². The zero-order valence-corrected chi connectivity index (χ0v) is 11.4. The van der Waals surface area contributed by atoms with Gasteiger partial charge in [-0.05, 0) is 20.2 Å². The number of nitrogens with zero attached hydrogens (tertiary/aromatic N) is 4. The smallest absolute Gasteiger partial charge is 0.223 e. The summed E-state index contributed by atoms with van der Waals surface area (Å²) in [7, 11) is 3.83. The number of hydrogen-bond donors (Lipinski definition) is 1. The summed E-state index contributed by atoms with van der Waals surface area (Å²) < 4.78 is 0. The summed E-state index contributed by atoms with van der Waals surface area (Å²) in [6.07, 6.45) is 3.81. The van der Waals surface area contributed by atoms with Crippen LogP contribution in [0.4, 0.5) is 0 Å². The molecule has 0 saturated carbocycles. The number of likely N-dealkylation sites (tertiary alicyclic amines) is 1. The molecular formula is C13H20N4O2. The second kappa shape index (κ2) is 6.08. The predicted molar refractivity (Wildman–Crippen MR) is 70.4 cm³/mol. The summed E-state index contributed by atoms with van der Waals surface area (Å²) in [6.45, 7) is 1.000. The Kier molecular flexibility index (Phi) is 4.44. The van der Waals surface area contributed by atoms with Gasteiger partial charge in [0.2, 0.25) is 5.91 Å². The van der Waals surface area contributed by atoms with E-state index < -0.39 is 6.10 Å². The van der Waals surface area contributed by atoms with Crippen LogP contribution in [0.2, 0.25) is 0 Å². The summed E-state index contributed by atoms with van der Waals surface area (Å²) >= 11 is 0. The first-order valence-corrected chi connectivity index (χ1v) is 6.46. The molecule has 2 heterocycles. The van der Waals surface area contributed by atoms with E-state index in [0.717, 1.165) is 0 Å². The standard InChI is InChI=1S/C13H20N4O2/c1-16(2)10-8-17(9-11(10)18)13(19)5-4-12-14-6-3-7-15-12/h3,6-7,10-11,18H,4-5,8-9H2,1-2H3/t10-,11-/m0/s1. The highest BCUT2D eigenvalue weighted by Gasteiger charge is 2.34. The van der Waals surface area contributed by atoms with Gasteiger partial charge in [0.25, 0.3) is 0 Å². The predicted octanol–water partition coefficient (Wildman–Crippen LogP) is -0.457. The fourth-order valence-corrected chi connectivity index (χ4v) is 2.32. The van der Waals surface area contributed by atoms with Crippen LogP contribution in [0.1, 0.15) is 12.2 Å². The minimum absolute atomic E-state index is 0.0249. The number of amides is 1. The van der Waals surface area contributed by atoms with Gasteiger partial charge in [-0.2, -0.15) is 0 Å². The van der Waals surface area contributed by atoms with Gasteiger partial charge in [-0.3, -0.25) is 4.79 Å². The maximum absolute atomic E-state index is 12.1. The Bertz CT molecular complexity index is 424. The topological polar surface area (TPSA) is 69.6 Å². The maximum atomic E-state index is 12.1. The van der Waals surface area contributed by atoms with Gasteiger partial charge in [0.15, 0.2) is 0 Å². The molecule has 0 aromatic carbocycles. The molecule has 1 N–H and O–H groups in total. The number of carbonyl (C=O) groups is 1. The van der Waals surface area contributed by atoms with E-state index in [-0.39, 0.29) is 11.9 Å². The van der Waals surface area contributed by atoms with Gasteiger partial charge < -0.3 is 14.9 Å². The lowest BCUT2D eigenvalue weighted by molar-refractivity contribution is -0.130. The van der Waals surface area contributed by atoms with E-state index in [4.69, 9.17) is 0 Å². The molecule has 1 amide bonds. The fourth-order valence-electron chi connectivity index (χ4n) is 2.32. The van der Waals surface area contributed by atoms with E-state index >= 15 is 0 Å². The van der Waals surface area contributed by atoms with E-state index in [9.17, 15) is 9.90 Å². The van der Waals surface area contributed by atoms with Gasteiger partial charge in [0.1, 0.15) is 5.82 Å². The summed E-state index contributed by atoms with van der Waals surface area (Å²) in [6, 6.07) is 1.78. The van der Waals surface area contributed by atoms with Crippen molar-refractivity contribution in [2.75, 3.05) is 27.2 Å². The number of aliphatic hydroxyl groups excluding tert-OH is 1. The van der Waals surface area contributed by atoms with Crippen molar-refractivity contribution in [1.82, 2.24) is 19.8 Å². The maximum Gasteiger partial charge on any atom is 0.223 e. The van der Waals surface area contributed by atoms with E-state index in [1.807, 2.05) is 19.0 Å². The van der Waals surface area contributed by atoms with Crippen LogP contribution in [0.25, 0.3) is 0 Å². The van der Waals surface area contributed by atoms with Gasteiger partial charge >= 0.3 is 0 Å². The molecule has 1 aromatic heterocycles. The summed E-state index contributed by atoms with van der Waals surface area (Å²) in [5, 5.41) is 9.90. The summed E-state index contributed by atoms with van der Waals surface area (Å²) in [5.74, 6) is 0.732. The number of rotatable bonds is 4. The fraction of sp³-hybridized carbons (Fsp3) is 0.615. The van der Waals surface area contributed by atoms with Gasteiger partial charge in [-0.1, -0.05) is 0 Å². The normalized spacial score (nSPS) is 23.1. The third-order valence-corrected chi connectivity index (χ3v) is 3.46. The highest BCUT2D eigenvalue weighted by molar-refractivity contribution is 5.76.